The van der Waals surface area contributed by atoms with Crippen LogP contribution in [0.2, 0.25) is 0 Å². The van der Waals surface area contributed by atoms with Crippen LogP contribution in [-0.2, 0) is 9.59 Å². The largest absolute Gasteiger partial charge is 0.481 e. The summed E-state index contributed by atoms with van der Waals surface area (Å²) >= 11 is 0. The average Bonchev–Trinajstić information content (AvgIpc) is 2.75. The number of carbonyl (C=O) groups excluding carboxylic acids is 2. The van der Waals surface area contributed by atoms with Gasteiger partial charge in [-0.25, -0.2) is 0 Å². The second-order valence-corrected chi connectivity index (χ2v) is 7.86. The molecule has 1 aliphatic carbocycles. The van der Waals surface area contributed by atoms with E-state index in [4.69, 9.17) is 5.11 Å². The van der Waals surface area contributed by atoms with E-state index in [1.165, 1.54) is 5.56 Å². The van der Waals surface area contributed by atoms with Crippen LogP contribution >= 0.6 is 0 Å². The fourth-order valence-corrected chi connectivity index (χ4v) is 3.99. The van der Waals surface area contributed by atoms with Crippen molar-refractivity contribution in [1.82, 2.24) is 5.32 Å². The molecular weight excluding hydrogens is 380 g/mol. The highest BCUT2D eigenvalue weighted by Crippen LogP contribution is 2.37. The molecule has 6 heteroatoms. The highest BCUT2D eigenvalue weighted by molar-refractivity contribution is 5.95. The molecule has 0 aromatic heterocycles. The lowest BCUT2D eigenvalue weighted by Crippen LogP contribution is -2.27. The Balaban J connectivity index is 1.40. The molecule has 0 saturated heterocycles. The van der Waals surface area contributed by atoms with Gasteiger partial charge in [-0.15, -0.1) is 0 Å². The normalized spacial score (nSPS) is 18.4. The van der Waals surface area contributed by atoms with Crippen molar-refractivity contribution in [2.75, 3.05) is 11.9 Å². The van der Waals surface area contributed by atoms with Crippen molar-refractivity contribution in [2.45, 2.75) is 44.4 Å². The molecule has 3 rings (SSSR count). The Morgan fingerprint density at radius 1 is 0.900 bits per heavy atom. The zero-order chi connectivity index (χ0) is 21.3. The van der Waals surface area contributed by atoms with Gasteiger partial charge in [-0.05, 0) is 67.3 Å². The summed E-state index contributed by atoms with van der Waals surface area (Å²) in [6.07, 6.45) is 4.38. The molecule has 0 unspecified atom stereocenters. The average molecular weight is 408 g/mol. The topological polar surface area (TPSA) is 95.5 Å². The third-order valence-electron chi connectivity index (χ3n) is 5.65. The number of aliphatic carboxylic acids is 1. The standard InChI is InChI=1S/C24H28N2O4/c27-22(14-15-25-24(30)20-4-2-1-3-5-20)26-21-12-10-19(11-13-21)18-8-6-17(7-9-18)16-23(28)29/h1-5,10-13,17-18H,6-9,14-16H2,(H,25,30)(H,26,27)(H,28,29). The van der Waals surface area contributed by atoms with Crippen LogP contribution in [0.4, 0.5) is 5.69 Å². The number of carbonyl (C=O) groups is 3. The fraction of sp³-hybridized carbons (Fsp3) is 0.375. The highest BCUT2D eigenvalue weighted by atomic mass is 16.4. The smallest absolute Gasteiger partial charge is 0.303 e. The van der Waals surface area contributed by atoms with Crippen LogP contribution in [-0.4, -0.2) is 29.4 Å². The van der Waals surface area contributed by atoms with Gasteiger partial charge in [0.05, 0.1) is 0 Å². The number of carboxylic acid groups (broad SMARTS) is 1. The van der Waals surface area contributed by atoms with Crippen LogP contribution in [0.25, 0.3) is 0 Å². The first-order valence-corrected chi connectivity index (χ1v) is 10.5. The molecule has 1 aliphatic rings. The van der Waals surface area contributed by atoms with Crippen LogP contribution in [0.1, 0.15) is 60.4 Å². The monoisotopic (exact) mass is 408 g/mol. The van der Waals surface area contributed by atoms with Crippen molar-refractivity contribution in [1.29, 1.82) is 0 Å². The van der Waals surface area contributed by atoms with Gasteiger partial charge in [0.15, 0.2) is 0 Å². The molecule has 2 aromatic rings. The predicted octanol–water partition coefficient (Wildman–Crippen LogP) is 4.19. The van der Waals surface area contributed by atoms with Gasteiger partial charge in [-0.3, -0.25) is 14.4 Å². The summed E-state index contributed by atoms with van der Waals surface area (Å²) in [5, 5.41) is 14.5. The van der Waals surface area contributed by atoms with Gasteiger partial charge in [-0.2, -0.15) is 0 Å². The maximum absolute atomic E-state index is 12.1. The minimum absolute atomic E-state index is 0.148. The molecule has 1 fully saturated rings. The van der Waals surface area contributed by atoms with Crippen LogP contribution in [0.5, 0.6) is 0 Å². The van der Waals surface area contributed by atoms with Gasteiger partial charge in [-0.1, -0.05) is 30.3 Å². The van der Waals surface area contributed by atoms with E-state index in [9.17, 15) is 14.4 Å². The molecule has 0 aliphatic heterocycles. The van der Waals surface area contributed by atoms with Crippen LogP contribution < -0.4 is 10.6 Å². The Bertz CT molecular complexity index is 857. The van der Waals surface area contributed by atoms with Crippen molar-refractivity contribution < 1.29 is 19.5 Å². The summed E-state index contributed by atoms with van der Waals surface area (Å²) in [4.78, 5) is 35.0. The number of carboxylic acids is 1. The Morgan fingerprint density at radius 2 is 1.57 bits per heavy atom. The molecule has 0 bridgehead atoms. The summed E-state index contributed by atoms with van der Waals surface area (Å²) < 4.78 is 0. The highest BCUT2D eigenvalue weighted by Gasteiger charge is 2.23. The molecule has 0 spiro atoms. The van der Waals surface area contributed by atoms with Gasteiger partial charge in [0.1, 0.15) is 0 Å². The van der Waals surface area contributed by atoms with E-state index in [1.807, 2.05) is 30.3 Å². The van der Waals surface area contributed by atoms with E-state index in [0.717, 1.165) is 31.4 Å². The molecule has 6 nitrogen and oxygen atoms in total. The molecule has 3 N–H and O–H groups in total. The molecule has 0 heterocycles. The van der Waals surface area contributed by atoms with E-state index < -0.39 is 5.97 Å². The van der Waals surface area contributed by atoms with E-state index >= 15 is 0 Å². The molecule has 1 saturated carbocycles. The number of amides is 2. The van der Waals surface area contributed by atoms with E-state index in [1.54, 1.807) is 24.3 Å². The van der Waals surface area contributed by atoms with Gasteiger partial charge >= 0.3 is 5.97 Å². The lowest BCUT2D eigenvalue weighted by Gasteiger charge is -2.28. The molecule has 2 aromatic carbocycles. The Labute approximate surface area is 176 Å². The number of rotatable bonds is 8. The minimum Gasteiger partial charge on any atom is -0.481 e. The van der Waals surface area contributed by atoms with E-state index in [0.29, 0.717) is 17.4 Å². The van der Waals surface area contributed by atoms with Gasteiger partial charge < -0.3 is 15.7 Å². The molecule has 0 atom stereocenters. The molecule has 2 amide bonds. The number of nitrogens with one attached hydrogen (secondary N) is 2. The molecule has 30 heavy (non-hydrogen) atoms. The maximum Gasteiger partial charge on any atom is 0.303 e. The number of anilines is 1. The van der Waals surface area contributed by atoms with Crippen molar-refractivity contribution in [3.8, 4) is 0 Å². The molecule has 0 radical (unpaired) electrons. The van der Waals surface area contributed by atoms with Crippen molar-refractivity contribution in [3.05, 3.63) is 65.7 Å². The second-order valence-electron chi connectivity index (χ2n) is 7.86. The summed E-state index contributed by atoms with van der Waals surface area (Å²) in [6, 6.07) is 16.8. The first-order valence-electron chi connectivity index (χ1n) is 10.5. The zero-order valence-electron chi connectivity index (χ0n) is 17.0. The summed E-state index contributed by atoms with van der Waals surface area (Å²) in [7, 11) is 0. The lowest BCUT2D eigenvalue weighted by molar-refractivity contribution is -0.138. The summed E-state index contributed by atoms with van der Waals surface area (Å²) in [5.74, 6) is -0.304. The third-order valence-corrected chi connectivity index (χ3v) is 5.65. The molecular formula is C24H28N2O4. The Kier molecular flexibility index (Phi) is 7.60. The van der Waals surface area contributed by atoms with Crippen molar-refractivity contribution in [2.24, 2.45) is 5.92 Å². The molecule has 158 valence electrons. The predicted molar refractivity (Wildman–Crippen MR) is 115 cm³/mol. The third kappa shape index (κ3) is 6.44. The number of hydrogen-bond acceptors (Lipinski definition) is 3. The Hall–Kier alpha value is -3.15. The second kappa shape index (κ2) is 10.6. The van der Waals surface area contributed by atoms with Crippen LogP contribution in [0, 0.1) is 5.92 Å². The zero-order valence-corrected chi connectivity index (χ0v) is 17.0. The van der Waals surface area contributed by atoms with E-state index in [2.05, 4.69) is 10.6 Å². The quantitative estimate of drug-likeness (QED) is 0.610. The van der Waals surface area contributed by atoms with E-state index in [-0.39, 0.29) is 31.2 Å². The van der Waals surface area contributed by atoms with Gasteiger partial charge in [0, 0.05) is 30.6 Å². The number of hydrogen-bond donors (Lipinski definition) is 3. The fourth-order valence-electron chi connectivity index (χ4n) is 3.99. The number of benzene rings is 2. The Morgan fingerprint density at radius 3 is 2.20 bits per heavy atom. The lowest BCUT2D eigenvalue weighted by atomic mass is 9.77. The van der Waals surface area contributed by atoms with Crippen LogP contribution in [0.15, 0.2) is 54.6 Å². The summed E-state index contributed by atoms with van der Waals surface area (Å²) in [6.45, 7) is 0.275. The van der Waals surface area contributed by atoms with Crippen molar-refractivity contribution in [3.63, 3.8) is 0 Å². The SMILES string of the molecule is O=C(O)CC1CCC(c2ccc(NC(=O)CCNC(=O)c3ccccc3)cc2)CC1. The van der Waals surface area contributed by atoms with Gasteiger partial charge in [0.25, 0.3) is 5.91 Å². The first-order chi connectivity index (χ1) is 14.5. The summed E-state index contributed by atoms with van der Waals surface area (Å²) in [5.41, 5.74) is 2.54. The van der Waals surface area contributed by atoms with Crippen molar-refractivity contribution >= 4 is 23.5 Å². The first kappa shape index (κ1) is 21.6. The van der Waals surface area contributed by atoms with Crippen LogP contribution in [0.3, 0.4) is 0 Å². The maximum atomic E-state index is 12.1. The van der Waals surface area contributed by atoms with Gasteiger partial charge in [0.2, 0.25) is 5.91 Å². The minimum atomic E-state index is -0.710.